The predicted molar refractivity (Wildman–Crippen MR) is 80.2 cm³/mol. The van der Waals surface area contributed by atoms with Gasteiger partial charge in [-0.3, -0.25) is 9.59 Å². The lowest BCUT2D eigenvalue weighted by Crippen LogP contribution is -2.38. The van der Waals surface area contributed by atoms with Crippen molar-refractivity contribution in [3.8, 4) is 0 Å². The highest BCUT2D eigenvalue weighted by atomic mass is 16.5. The van der Waals surface area contributed by atoms with E-state index < -0.39 is 11.8 Å². The molecule has 0 aliphatic carbocycles. The second-order valence-electron chi connectivity index (χ2n) is 4.64. The Hall–Kier alpha value is -2.12. The Bertz CT molecular complexity index is 483. The molecule has 1 aromatic carbocycles. The van der Waals surface area contributed by atoms with Crippen LogP contribution in [0.3, 0.4) is 0 Å². The van der Waals surface area contributed by atoms with Gasteiger partial charge in [-0.25, -0.2) is 0 Å². The average molecular weight is 292 g/mol. The molecule has 0 bridgehead atoms. The molecule has 1 fully saturated rings. The monoisotopic (exact) mass is 292 g/mol. The Morgan fingerprint density at radius 3 is 2.43 bits per heavy atom. The lowest BCUT2D eigenvalue weighted by atomic mass is 10.2. The maximum Gasteiger partial charge on any atom is 0.313 e. The third-order valence-corrected chi connectivity index (χ3v) is 3.14. The molecule has 114 valence electrons. The summed E-state index contributed by atoms with van der Waals surface area (Å²) in [5.41, 5.74) is 6.91. The Morgan fingerprint density at radius 2 is 1.81 bits per heavy atom. The van der Waals surface area contributed by atoms with Gasteiger partial charge in [0.15, 0.2) is 0 Å². The number of nitrogens with one attached hydrogen (secondary N) is 2. The summed E-state index contributed by atoms with van der Waals surface area (Å²) in [6.45, 7) is 3.73. The topological polar surface area (TPSA) is 96.7 Å². The van der Waals surface area contributed by atoms with Crippen LogP contribution in [0.2, 0.25) is 0 Å². The van der Waals surface area contributed by atoms with Crippen LogP contribution in [0.25, 0.3) is 0 Å². The standard InChI is InChI=1S/C14H20N4O3/c15-5-6-16-13(19)14(20)17-11-1-3-12(4-2-11)18-7-9-21-10-8-18/h1-4H,5-10,15H2,(H,16,19)(H,17,20). The van der Waals surface area contributed by atoms with Crippen LogP contribution in [0.4, 0.5) is 11.4 Å². The molecular weight excluding hydrogens is 272 g/mol. The molecule has 0 aromatic heterocycles. The normalized spacial score (nSPS) is 14.6. The van der Waals surface area contributed by atoms with Crippen LogP contribution in [0.5, 0.6) is 0 Å². The molecule has 2 amide bonds. The Labute approximate surface area is 123 Å². The zero-order valence-electron chi connectivity index (χ0n) is 11.8. The van der Waals surface area contributed by atoms with E-state index in [0.717, 1.165) is 32.0 Å². The van der Waals surface area contributed by atoms with E-state index in [1.165, 1.54) is 0 Å². The molecule has 1 aliphatic heterocycles. The van der Waals surface area contributed by atoms with Crippen LogP contribution >= 0.6 is 0 Å². The van der Waals surface area contributed by atoms with Crippen molar-refractivity contribution in [3.63, 3.8) is 0 Å². The summed E-state index contributed by atoms with van der Waals surface area (Å²) in [6, 6.07) is 7.38. The predicted octanol–water partition coefficient (Wildman–Crippen LogP) is -0.463. The summed E-state index contributed by atoms with van der Waals surface area (Å²) >= 11 is 0. The number of benzene rings is 1. The van der Waals surface area contributed by atoms with Crippen molar-refractivity contribution in [2.75, 3.05) is 49.6 Å². The van der Waals surface area contributed by atoms with Crippen LogP contribution in [0.1, 0.15) is 0 Å². The van der Waals surface area contributed by atoms with E-state index in [0.29, 0.717) is 12.2 Å². The van der Waals surface area contributed by atoms with Crippen LogP contribution < -0.4 is 21.3 Å². The minimum Gasteiger partial charge on any atom is -0.378 e. The van der Waals surface area contributed by atoms with E-state index >= 15 is 0 Å². The van der Waals surface area contributed by atoms with Gasteiger partial charge in [-0.15, -0.1) is 0 Å². The fraction of sp³-hybridized carbons (Fsp3) is 0.429. The smallest absolute Gasteiger partial charge is 0.313 e. The first-order valence-electron chi connectivity index (χ1n) is 6.92. The molecular formula is C14H20N4O3. The van der Waals surface area contributed by atoms with Crippen molar-refractivity contribution < 1.29 is 14.3 Å². The highest BCUT2D eigenvalue weighted by Gasteiger charge is 2.14. The quantitative estimate of drug-likeness (QED) is 0.652. The number of hydrogen-bond acceptors (Lipinski definition) is 5. The number of morpholine rings is 1. The highest BCUT2D eigenvalue weighted by Crippen LogP contribution is 2.18. The second kappa shape index (κ2) is 7.61. The zero-order valence-corrected chi connectivity index (χ0v) is 11.8. The van der Waals surface area contributed by atoms with Gasteiger partial charge in [-0.05, 0) is 24.3 Å². The van der Waals surface area contributed by atoms with Crippen molar-refractivity contribution >= 4 is 23.2 Å². The first kappa shape index (κ1) is 15.3. The molecule has 7 nitrogen and oxygen atoms in total. The Morgan fingerprint density at radius 1 is 1.14 bits per heavy atom. The summed E-state index contributed by atoms with van der Waals surface area (Å²) in [5.74, 6) is -1.37. The van der Waals surface area contributed by atoms with Gasteiger partial charge in [0.25, 0.3) is 0 Å². The van der Waals surface area contributed by atoms with E-state index in [4.69, 9.17) is 10.5 Å². The van der Waals surface area contributed by atoms with Gasteiger partial charge < -0.3 is 26.0 Å². The van der Waals surface area contributed by atoms with Crippen molar-refractivity contribution in [3.05, 3.63) is 24.3 Å². The molecule has 2 rings (SSSR count). The second-order valence-corrected chi connectivity index (χ2v) is 4.64. The fourth-order valence-electron chi connectivity index (χ4n) is 2.03. The lowest BCUT2D eigenvalue weighted by Gasteiger charge is -2.28. The molecule has 1 heterocycles. The summed E-state index contributed by atoms with van der Waals surface area (Å²) in [7, 11) is 0. The van der Waals surface area contributed by atoms with Gasteiger partial charge in [0.2, 0.25) is 0 Å². The molecule has 0 radical (unpaired) electrons. The third kappa shape index (κ3) is 4.44. The van der Waals surface area contributed by atoms with Crippen LogP contribution in [-0.4, -0.2) is 51.2 Å². The molecule has 1 aromatic rings. The maximum atomic E-state index is 11.6. The van der Waals surface area contributed by atoms with Crippen LogP contribution in [0, 0.1) is 0 Å². The molecule has 0 unspecified atom stereocenters. The molecule has 1 aliphatic rings. The maximum absolute atomic E-state index is 11.6. The number of anilines is 2. The van der Waals surface area contributed by atoms with E-state index in [-0.39, 0.29) is 6.54 Å². The minimum absolute atomic E-state index is 0.280. The van der Waals surface area contributed by atoms with Gasteiger partial charge in [0.05, 0.1) is 13.2 Å². The number of nitrogens with zero attached hydrogens (tertiary/aromatic N) is 1. The van der Waals surface area contributed by atoms with Crippen molar-refractivity contribution in [1.82, 2.24) is 5.32 Å². The molecule has 0 spiro atoms. The number of carbonyl (C=O) groups is 2. The van der Waals surface area contributed by atoms with Gasteiger partial charge in [0, 0.05) is 37.6 Å². The molecule has 4 N–H and O–H groups in total. The largest absolute Gasteiger partial charge is 0.378 e. The summed E-state index contributed by atoms with van der Waals surface area (Å²) in [5, 5.41) is 4.96. The van der Waals surface area contributed by atoms with E-state index in [1.807, 2.05) is 12.1 Å². The number of hydrogen-bond donors (Lipinski definition) is 3. The number of rotatable bonds is 4. The fourth-order valence-corrected chi connectivity index (χ4v) is 2.03. The number of amides is 2. The average Bonchev–Trinajstić information content (AvgIpc) is 2.54. The van der Waals surface area contributed by atoms with Crippen molar-refractivity contribution in [1.29, 1.82) is 0 Å². The zero-order chi connectivity index (χ0) is 15.1. The van der Waals surface area contributed by atoms with E-state index in [2.05, 4.69) is 15.5 Å². The molecule has 7 heteroatoms. The molecule has 0 saturated carbocycles. The Balaban J connectivity index is 1.89. The first-order chi connectivity index (χ1) is 10.2. The van der Waals surface area contributed by atoms with Gasteiger partial charge in [-0.1, -0.05) is 0 Å². The molecule has 0 atom stereocenters. The van der Waals surface area contributed by atoms with Gasteiger partial charge >= 0.3 is 11.8 Å². The number of carbonyl (C=O) groups excluding carboxylic acids is 2. The van der Waals surface area contributed by atoms with Crippen molar-refractivity contribution in [2.45, 2.75) is 0 Å². The van der Waals surface area contributed by atoms with E-state index in [1.54, 1.807) is 12.1 Å². The molecule has 1 saturated heterocycles. The lowest BCUT2D eigenvalue weighted by molar-refractivity contribution is -0.136. The number of nitrogens with two attached hydrogens (primary N) is 1. The summed E-state index contributed by atoms with van der Waals surface area (Å²) < 4.78 is 5.30. The van der Waals surface area contributed by atoms with Gasteiger partial charge in [0.1, 0.15) is 0 Å². The van der Waals surface area contributed by atoms with E-state index in [9.17, 15) is 9.59 Å². The number of ether oxygens (including phenoxy) is 1. The first-order valence-corrected chi connectivity index (χ1v) is 6.92. The minimum atomic E-state index is -0.692. The van der Waals surface area contributed by atoms with Crippen LogP contribution in [-0.2, 0) is 14.3 Å². The highest BCUT2D eigenvalue weighted by molar-refractivity contribution is 6.39. The summed E-state index contributed by atoms with van der Waals surface area (Å²) in [6.07, 6.45) is 0. The van der Waals surface area contributed by atoms with Crippen molar-refractivity contribution in [2.24, 2.45) is 5.73 Å². The SMILES string of the molecule is NCCNC(=O)C(=O)Nc1ccc(N2CCOCC2)cc1. The third-order valence-electron chi connectivity index (χ3n) is 3.14. The summed E-state index contributed by atoms with van der Waals surface area (Å²) in [4.78, 5) is 25.2. The molecule has 21 heavy (non-hydrogen) atoms. The van der Waals surface area contributed by atoms with Crippen LogP contribution in [0.15, 0.2) is 24.3 Å². The van der Waals surface area contributed by atoms with Gasteiger partial charge in [-0.2, -0.15) is 0 Å². The Kier molecular flexibility index (Phi) is 5.53.